The van der Waals surface area contributed by atoms with Crippen LogP contribution < -0.4 is 0 Å². The van der Waals surface area contributed by atoms with Gasteiger partial charge in [0.15, 0.2) is 0 Å². The summed E-state index contributed by atoms with van der Waals surface area (Å²) in [7, 11) is 0. The van der Waals surface area contributed by atoms with Gasteiger partial charge in [-0.25, -0.2) is 0 Å². The molecule has 64 valence electrons. The van der Waals surface area contributed by atoms with Crippen molar-refractivity contribution in [2.75, 3.05) is 13.1 Å². The summed E-state index contributed by atoms with van der Waals surface area (Å²) in [5, 5.41) is 0. The van der Waals surface area contributed by atoms with Crippen molar-refractivity contribution in [2.45, 2.75) is 25.1 Å². The van der Waals surface area contributed by atoms with Crippen molar-refractivity contribution < 1.29 is 4.79 Å². The molecule has 0 radical (unpaired) electrons. The van der Waals surface area contributed by atoms with Crippen LogP contribution in [0.5, 0.6) is 0 Å². The molecule has 0 N–H and O–H groups in total. The number of halogens is 1. The third-order valence-corrected chi connectivity index (χ3v) is 3.37. The summed E-state index contributed by atoms with van der Waals surface area (Å²) >= 11 is 3.58. The minimum absolute atomic E-state index is 0.199. The van der Waals surface area contributed by atoms with Gasteiger partial charge in [-0.1, -0.05) is 29.3 Å². The molecule has 1 aliphatic rings. The fraction of sp³-hybridized carbons (Fsp3) is 0.875. The zero-order chi connectivity index (χ0) is 8.43. The summed E-state index contributed by atoms with van der Waals surface area (Å²) in [4.78, 5) is 13.4. The predicted molar refractivity (Wildman–Crippen MR) is 48.8 cm³/mol. The number of nitrogens with zero attached hydrogens (tertiary/aromatic N) is 1. The molecule has 0 aromatic rings. The molecule has 0 spiro atoms. The lowest BCUT2D eigenvalue weighted by Crippen LogP contribution is -2.26. The van der Waals surface area contributed by atoms with Crippen LogP contribution in [0.15, 0.2) is 0 Å². The normalized spacial score (nSPS) is 31.0. The topological polar surface area (TPSA) is 20.3 Å². The highest BCUT2D eigenvalue weighted by molar-refractivity contribution is 9.09. The van der Waals surface area contributed by atoms with Crippen molar-refractivity contribution in [1.29, 1.82) is 0 Å². The van der Waals surface area contributed by atoms with Gasteiger partial charge in [-0.05, 0) is 5.92 Å². The van der Waals surface area contributed by atoms with E-state index in [1.165, 1.54) is 0 Å². The summed E-state index contributed by atoms with van der Waals surface area (Å²) in [5.41, 5.74) is 0. The molecule has 1 amide bonds. The van der Waals surface area contributed by atoms with Gasteiger partial charge in [0.25, 0.3) is 0 Å². The Hall–Kier alpha value is -0.0500. The van der Waals surface area contributed by atoms with Crippen LogP contribution in [0.2, 0.25) is 0 Å². The lowest BCUT2D eigenvalue weighted by atomic mass is 10.1. The largest absolute Gasteiger partial charge is 0.341 e. The molecule has 3 heteroatoms. The van der Waals surface area contributed by atoms with Crippen LogP contribution in [0.4, 0.5) is 0 Å². The number of hydrogen-bond acceptors (Lipinski definition) is 1. The molecule has 11 heavy (non-hydrogen) atoms. The van der Waals surface area contributed by atoms with Crippen LogP contribution in [0.3, 0.4) is 0 Å². The number of hydrogen-bond donors (Lipinski definition) is 0. The van der Waals surface area contributed by atoms with Crippen molar-refractivity contribution in [1.82, 2.24) is 4.90 Å². The van der Waals surface area contributed by atoms with Crippen molar-refractivity contribution in [2.24, 2.45) is 5.92 Å². The molecule has 1 fully saturated rings. The summed E-state index contributed by atoms with van der Waals surface area (Å²) in [5.74, 6) is 0.851. The van der Waals surface area contributed by atoms with Gasteiger partial charge in [0.05, 0.1) is 0 Å². The van der Waals surface area contributed by atoms with Crippen LogP contribution in [0, 0.1) is 5.92 Å². The molecule has 2 nitrogen and oxygen atoms in total. The van der Waals surface area contributed by atoms with Crippen molar-refractivity contribution >= 4 is 21.8 Å². The number of likely N-dealkylation sites (tertiary alicyclic amines) is 1. The molecular formula is C8H14BrNO. The maximum atomic E-state index is 11.0. The molecule has 0 aliphatic carbocycles. The average Bonchev–Trinajstić information content (AvgIpc) is 2.31. The van der Waals surface area contributed by atoms with Crippen LogP contribution in [0.1, 0.15) is 20.3 Å². The zero-order valence-corrected chi connectivity index (χ0v) is 8.60. The van der Waals surface area contributed by atoms with E-state index in [2.05, 4.69) is 22.9 Å². The highest BCUT2D eigenvalue weighted by Gasteiger charge is 2.30. The second-order valence-corrected chi connectivity index (χ2v) is 4.28. The number of alkyl halides is 1. The van der Waals surface area contributed by atoms with Gasteiger partial charge in [-0.2, -0.15) is 0 Å². The lowest BCUT2D eigenvalue weighted by Gasteiger charge is -2.12. The van der Waals surface area contributed by atoms with E-state index < -0.39 is 0 Å². The molecule has 0 bridgehead atoms. The molecule has 1 rings (SSSR count). The quantitative estimate of drug-likeness (QED) is 0.615. The van der Waals surface area contributed by atoms with Gasteiger partial charge in [0.1, 0.15) is 0 Å². The van der Waals surface area contributed by atoms with Crippen LogP contribution in [-0.4, -0.2) is 28.7 Å². The Morgan fingerprint density at radius 1 is 1.64 bits per heavy atom. The Morgan fingerprint density at radius 2 is 2.27 bits per heavy atom. The first kappa shape index (κ1) is 9.04. The molecule has 1 heterocycles. The summed E-state index contributed by atoms with van der Waals surface area (Å²) in [6.45, 7) is 5.62. The number of amides is 1. The van der Waals surface area contributed by atoms with E-state index >= 15 is 0 Å². The van der Waals surface area contributed by atoms with E-state index in [0.717, 1.165) is 19.5 Å². The standard InChI is InChI=1S/C8H14BrNO/c1-3-7-4-10(6(2)11)5-8(7)9/h7-8H,3-5H2,1-2H3. The third kappa shape index (κ3) is 1.95. The van der Waals surface area contributed by atoms with Gasteiger partial charge in [-0.3, -0.25) is 4.79 Å². The van der Waals surface area contributed by atoms with E-state index in [1.54, 1.807) is 6.92 Å². The Morgan fingerprint density at radius 3 is 2.55 bits per heavy atom. The molecule has 0 saturated carbocycles. The Bertz CT molecular complexity index is 160. The minimum Gasteiger partial charge on any atom is -0.341 e. The van der Waals surface area contributed by atoms with Crippen molar-refractivity contribution in [3.63, 3.8) is 0 Å². The first-order valence-electron chi connectivity index (χ1n) is 4.04. The summed E-state index contributed by atoms with van der Waals surface area (Å²) in [6.07, 6.45) is 1.15. The zero-order valence-electron chi connectivity index (χ0n) is 7.01. The van der Waals surface area contributed by atoms with Gasteiger partial charge >= 0.3 is 0 Å². The first-order valence-corrected chi connectivity index (χ1v) is 4.96. The fourth-order valence-corrected chi connectivity index (χ4v) is 2.36. The second kappa shape index (κ2) is 3.57. The Kier molecular flexibility index (Phi) is 2.93. The van der Waals surface area contributed by atoms with Crippen LogP contribution in [-0.2, 0) is 4.79 Å². The smallest absolute Gasteiger partial charge is 0.219 e. The van der Waals surface area contributed by atoms with Crippen LogP contribution in [0.25, 0.3) is 0 Å². The SMILES string of the molecule is CCC1CN(C(C)=O)CC1Br. The van der Waals surface area contributed by atoms with E-state index in [4.69, 9.17) is 0 Å². The van der Waals surface area contributed by atoms with E-state index in [1.807, 2.05) is 4.90 Å². The molecule has 0 aromatic carbocycles. The molecule has 0 aromatic heterocycles. The van der Waals surface area contributed by atoms with E-state index in [-0.39, 0.29) is 5.91 Å². The first-order chi connectivity index (χ1) is 5.15. The van der Waals surface area contributed by atoms with Gasteiger partial charge < -0.3 is 4.90 Å². The van der Waals surface area contributed by atoms with Crippen molar-refractivity contribution in [3.8, 4) is 0 Å². The second-order valence-electron chi connectivity index (χ2n) is 3.11. The maximum absolute atomic E-state index is 11.0. The molecule has 2 atom stereocenters. The average molecular weight is 220 g/mol. The van der Waals surface area contributed by atoms with Crippen molar-refractivity contribution in [3.05, 3.63) is 0 Å². The molecule has 2 unspecified atom stereocenters. The molecule has 1 saturated heterocycles. The number of carbonyl (C=O) groups is 1. The van der Waals surface area contributed by atoms with Gasteiger partial charge in [0, 0.05) is 24.8 Å². The Balaban J connectivity index is 2.49. The molecule has 1 aliphatic heterocycles. The maximum Gasteiger partial charge on any atom is 0.219 e. The predicted octanol–water partition coefficient (Wildman–Crippen LogP) is 1.64. The fourth-order valence-electron chi connectivity index (χ4n) is 1.47. The highest BCUT2D eigenvalue weighted by atomic mass is 79.9. The summed E-state index contributed by atoms with van der Waals surface area (Å²) < 4.78 is 0. The summed E-state index contributed by atoms with van der Waals surface area (Å²) in [6, 6.07) is 0. The minimum atomic E-state index is 0.199. The monoisotopic (exact) mass is 219 g/mol. The van der Waals surface area contributed by atoms with E-state index in [9.17, 15) is 4.79 Å². The van der Waals surface area contributed by atoms with Gasteiger partial charge in [-0.15, -0.1) is 0 Å². The third-order valence-electron chi connectivity index (χ3n) is 2.33. The Labute approximate surface area is 76.1 Å². The van der Waals surface area contributed by atoms with Gasteiger partial charge in [0.2, 0.25) is 5.91 Å². The lowest BCUT2D eigenvalue weighted by molar-refractivity contribution is -0.127. The van der Waals surface area contributed by atoms with E-state index in [0.29, 0.717) is 10.7 Å². The molecular weight excluding hydrogens is 206 g/mol. The van der Waals surface area contributed by atoms with Crippen LogP contribution >= 0.6 is 15.9 Å². The number of carbonyl (C=O) groups excluding carboxylic acids is 1. The number of rotatable bonds is 1. The highest BCUT2D eigenvalue weighted by Crippen LogP contribution is 2.25.